The number of allylic oxidation sites excluding steroid dienone is 1. The number of carbonyl (C=O) groups excluding carboxylic acids is 1. The standard InChI is InChI=1S/C20H19NO3/c1-14(2)20(22)24-17-10-8-15(9-11-17)12-16(13-21)18-6-4-5-7-19(18)23-3/h4-12,14H,1-3H3. The van der Waals surface area contributed by atoms with Crippen molar-refractivity contribution in [3.63, 3.8) is 0 Å². The van der Waals surface area contributed by atoms with E-state index in [2.05, 4.69) is 6.07 Å². The molecule has 4 nitrogen and oxygen atoms in total. The third-order valence-corrected chi connectivity index (χ3v) is 3.40. The zero-order valence-corrected chi connectivity index (χ0v) is 13.9. The number of hydrogen-bond acceptors (Lipinski definition) is 4. The van der Waals surface area contributed by atoms with E-state index in [1.54, 1.807) is 51.3 Å². The van der Waals surface area contributed by atoms with Gasteiger partial charge >= 0.3 is 5.97 Å². The summed E-state index contributed by atoms with van der Waals surface area (Å²) in [6, 6.07) is 16.6. The second kappa shape index (κ2) is 7.98. The summed E-state index contributed by atoms with van der Waals surface area (Å²) >= 11 is 0. The van der Waals surface area contributed by atoms with Gasteiger partial charge < -0.3 is 9.47 Å². The molecule has 0 fully saturated rings. The minimum Gasteiger partial charge on any atom is -0.496 e. The van der Waals surface area contributed by atoms with Gasteiger partial charge in [-0.25, -0.2) is 0 Å². The number of nitriles is 1. The molecule has 0 saturated carbocycles. The van der Waals surface area contributed by atoms with Gasteiger partial charge in [0.1, 0.15) is 11.5 Å². The van der Waals surface area contributed by atoms with Crippen molar-refractivity contribution in [3.05, 3.63) is 59.7 Å². The molecule has 2 aromatic carbocycles. The van der Waals surface area contributed by atoms with E-state index < -0.39 is 0 Å². The molecule has 0 saturated heterocycles. The first-order valence-electron chi connectivity index (χ1n) is 7.62. The van der Waals surface area contributed by atoms with Crippen LogP contribution in [0.2, 0.25) is 0 Å². The Morgan fingerprint density at radius 2 is 1.79 bits per heavy atom. The maximum atomic E-state index is 11.6. The van der Waals surface area contributed by atoms with Crippen LogP contribution in [0.5, 0.6) is 11.5 Å². The van der Waals surface area contributed by atoms with Gasteiger partial charge in [-0.05, 0) is 35.9 Å². The van der Waals surface area contributed by atoms with E-state index in [0.717, 1.165) is 11.1 Å². The third kappa shape index (κ3) is 4.23. The summed E-state index contributed by atoms with van der Waals surface area (Å²) in [6.45, 7) is 3.57. The monoisotopic (exact) mass is 321 g/mol. The van der Waals surface area contributed by atoms with E-state index >= 15 is 0 Å². The Hall–Kier alpha value is -3.06. The van der Waals surface area contributed by atoms with Crippen molar-refractivity contribution in [1.82, 2.24) is 0 Å². The topological polar surface area (TPSA) is 59.3 Å². The van der Waals surface area contributed by atoms with Crippen molar-refractivity contribution in [2.75, 3.05) is 7.11 Å². The van der Waals surface area contributed by atoms with Crippen LogP contribution in [-0.2, 0) is 4.79 Å². The average Bonchev–Trinajstić information content (AvgIpc) is 2.61. The normalized spacial score (nSPS) is 11.0. The molecule has 0 aliphatic carbocycles. The Bertz CT molecular complexity index is 783. The molecule has 0 bridgehead atoms. The van der Waals surface area contributed by atoms with Crippen LogP contribution in [0, 0.1) is 17.2 Å². The molecule has 0 aliphatic rings. The molecule has 0 aliphatic heterocycles. The van der Waals surface area contributed by atoms with Crippen LogP contribution in [0.15, 0.2) is 48.5 Å². The Balaban J connectivity index is 2.26. The van der Waals surface area contributed by atoms with Crippen molar-refractivity contribution in [3.8, 4) is 17.6 Å². The molecular formula is C20H19NO3. The maximum Gasteiger partial charge on any atom is 0.313 e. The first-order chi connectivity index (χ1) is 11.5. The van der Waals surface area contributed by atoms with Gasteiger partial charge in [0.2, 0.25) is 0 Å². The van der Waals surface area contributed by atoms with Gasteiger partial charge in [0.15, 0.2) is 0 Å². The lowest BCUT2D eigenvalue weighted by Crippen LogP contribution is -2.14. The number of carbonyl (C=O) groups is 1. The highest BCUT2D eigenvalue weighted by molar-refractivity contribution is 5.91. The third-order valence-electron chi connectivity index (χ3n) is 3.40. The highest BCUT2D eigenvalue weighted by Gasteiger charge is 2.10. The average molecular weight is 321 g/mol. The molecule has 2 rings (SSSR count). The molecule has 0 heterocycles. The fourth-order valence-corrected chi connectivity index (χ4v) is 2.07. The predicted molar refractivity (Wildman–Crippen MR) is 93.4 cm³/mol. The van der Waals surface area contributed by atoms with Gasteiger partial charge in [0.25, 0.3) is 0 Å². The van der Waals surface area contributed by atoms with Crippen molar-refractivity contribution in [1.29, 1.82) is 5.26 Å². The van der Waals surface area contributed by atoms with E-state index in [9.17, 15) is 10.1 Å². The molecule has 0 unspecified atom stereocenters. The SMILES string of the molecule is COc1ccccc1C(C#N)=Cc1ccc(OC(=O)C(C)C)cc1. The van der Waals surface area contributed by atoms with Crippen molar-refractivity contribution in [2.45, 2.75) is 13.8 Å². The predicted octanol–water partition coefficient (Wildman–Crippen LogP) is 4.32. The molecule has 24 heavy (non-hydrogen) atoms. The largest absolute Gasteiger partial charge is 0.496 e. The highest BCUT2D eigenvalue weighted by atomic mass is 16.5. The van der Waals surface area contributed by atoms with Gasteiger partial charge in [0, 0.05) is 5.56 Å². The second-order valence-corrected chi connectivity index (χ2v) is 5.51. The number of ether oxygens (including phenoxy) is 2. The highest BCUT2D eigenvalue weighted by Crippen LogP contribution is 2.27. The summed E-state index contributed by atoms with van der Waals surface area (Å²) in [7, 11) is 1.58. The molecule has 4 heteroatoms. The zero-order valence-electron chi connectivity index (χ0n) is 13.9. The van der Waals surface area contributed by atoms with Gasteiger partial charge in [-0.15, -0.1) is 0 Å². The van der Waals surface area contributed by atoms with E-state index in [4.69, 9.17) is 9.47 Å². The second-order valence-electron chi connectivity index (χ2n) is 5.51. The van der Waals surface area contributed by atoms with Crippen LogP contribution >= 0.6 is 0 Å². The number of rotatable bonds is 5. The Morgan fingerprint density at radius 3 is 2.38 bits per heavy atom. The number of nitrogens with zero attached hydrogens (tertiary/aromatic N) is 1. The van der Waals surface area contributed by atoms with Crippen LogP contribution in [0.25, 0.3) is 11.6 Å². The number of hydrogen-bond donors (Lipinski definition) is 0. The minimum atomic E-state index is -0.273. The first kappa shape index (κ1) is 17.3. The number of methoxy groups -OCH3 is 1. The summed E-state index contributed by atoms with van der Waals surface area (Å²) in [4.78, 5) is 11.6. The van der Waals surface area contributed by atoms with Gasteiger partial charge in [-0.2, -0.15) is 5.26 Å². The number of para-hydroxylation sites is 1. The molecule has 0 amide bonds. The minimum absolute atomic E-state index is 0.180. The van der Waals surface area contributed by atoms with Gasteiger partial charge in [-0.1, -0.05) is 38.1 Å². The molecule has 0 aromatic heterocycles. The van der Waals surface area contributed by atoms with Crippen LogP contribution in [0.1, 0.15) is 25.0 Å². The smallest absolute Gasteiger partial charge is 0.313 e. The Kier molecular flexibility index (Phi) is 5.75. The summed E-state index contributed by atoms with van der Waals surface area (Å²) in [5.74, 6) is 0.680. The van der Waals surface area contributed by atoms with Crippen LogP contribution in [0.4, 0.5) is 0 Å². The molecule has 2 aromatic rings. The number of benzene rings is 2. The molecule has 122 valence electrons. The van der Waals surface area contributed by atoms with Crippen molar-refractivity contribution in [2.24, 2.45) is 5.92 Å². The molecule has 0 N–H and O–H groups in total. The zero-order chi connectivity index (χ0) is 17.5. The van der Waals surface area contributed by atoms with Crippen molar-refractivity contribution < 1.29 is 14.3 Å². The quantitative estimate of drug-likeness (QED) is 0.356. The van der Waals surface area contributed by atoms with Crippen molar-refractivity contribution >= 4 is 17.6 Å². The summed E-state index contributed by atoms with van der Waals surface area (Å²) in [5, 5.41) is 9.45. The van der Waals surface area contributed by atoms with Crippen LogP contribution in [-0.4, -0.2) is 13.1 Å². The summed E-state index contributed by atoms with van der Waals surface area (Å²) in [5.41, 5.74) is 2.07. The first-order valence-corrected chi connectivity index (χ1v) is 7.62. The Labute approximate surface area is 141 Å². The van der Waals surface area contributed by atoms with Gasteiger partial charge in [0.05, 0.1) is 24.7 Å². The summed E-state index contributed by atoms with van der Waals surface area (Å²) in [6.07, 6.45) is 1.77. The molecule has 0 spiro atoms. The number of esters is 1. The van der Waals surface area contributed by atoms with E-state index in [0.29, 0.717) is 17.1 Å². The lowest BCUT2D eigenvalue weighted by atomic mass is 10.0. The lowest BCUT2D eigenvalue weighted by molar-refractivity contribution is -0.137. The van der Waals surface area contributed by atoms with Crippen LogP contribution in [0.3, 0.4) is 0 Å². The Morgan fingerprint density at radius 1 is 1.12 bits per heavy atom. The van der Waals surface area contributed by atoms with E-state index in [1.165, 1.54) is 0 Å². The van der Waals surface area contributed by atoms with E-state index in [-0.39, 0.29) is 11.9 Å². The fourth-order valence-electron chi connectivity index (χ4n) is 2.07. The molecule has 0 atom stereocenters. The fraction of sp³-hybridized carbons (Fsp3) is 0.200. The maximum absolute atomic E-state index is 11.6. The molecule has 0 radical (unpaired) electrons. The molecular weight excluding hydrogens is 302 g/mol. The van der Waals surface area contributed by atoms with Crippen LogP contribution < -0.4 is 9.47 Å². The van der Waals surface area contributed by atoms with Gasteiger partial charge in [-0.3, -0.25) is 4.79 Å². The summed E-state index contributed by atoms with van der Waals surface area (Å²) < 4.78 is 10.5. The van der Waals surface area contributed by atoms with E-state index in [1.807, 2.05) is 24.3 Å². The lowest BCUT2D eigenvalue weighted by Gasteiger charge is -2.08.